The number of nitrogens with zero attached hydrogens (tertiary/aromatic N) is 1. The zero-order valence-electron chi connectivity index (χ0n) is 17.6. The first-order valence-electron chi connectivity index (χ1n) is 9.82. The Bertz CT molecular complexity index is 858. The van der Waals surface area contributed by atoms with Crippen molar-refractivity contribution in [3.63, 3.8) is 0 Å². The third-order valence-electron chi connectivity index (χ3n) is 4.35. The first-order valence-corrected chi connectivity index (χ1v) is 9.82. The van der Waals surface area contributed by atoms with Gasteiger partial charge in [0, 0.05) is 31.2 Å². The summed E-state index contributed by atoms with van der Waals surface area (Å²) >= 11 is 0. The number of carbonyl (C=O) groups is 6. The fourth-order valence-electron chi connectivity index (χ4n) is 2.62. The summed E-state index contributed by atoms with van der Waals surface area (Å²) in [7, 11) is 0. The van der Waals surface area contributed by atoms with Gasteiger partial charge in [0.2, 0.25) is 23.6 Å². The monoisotopic (exact) mass is 469 g/mol. The maximum atomic E-state index is 12.4. The van der Waals surface area contributed by atoms with Crippen LogP contribution in [0.2, 0.25) is 0 Å². The van der Waals surface area contributed by atoms with E-state index in [1.165, 1.54) is 12.5 Å². The van der Waals surface area contributed by atoms with Crippen LogP contribution in [-0.4, -0.2) is 80.4 Å². The summed E-state index contributed by atoms with van der Waals surface area (Å²) in [6, 6.07) is -3.76. The first kappa shape index (κ1) is 27.0. The second-order valence-electron chi connectivity index (χ2n) is 7.06. The number of H-pyrrole nitrogens is 1. The van der Waals surface area contributed by atoms with Crippen molar-refractivity contribution in [3.05, 3.63) is 18.2 Å². The minimum absolute atomic E-state index is 0.0867. The van der Waals surface area contributed by atoms with Gasteiger partial charge in [-0.2, -0.15) is 0 Å². The molecule has 0 saturated heterocycles. The third kappa shape index (κ3) is 10.7. The van der Waals surface area contributed by atoms with Crippen molar-refractivity contribution in [2.24, 2.45) is 11.5 Å². The van der Waals surface area contributed by atoms with Gasteiger partial charge in [-0.1, -0.05) is 0 Å². The predicted octanol–water partition coefficient (Wildman–Crippen LogP) is -3.42. The first-order chi connectivity index (χ1) is 15.5. The number of aliphatic carboxylic acids is 2. The van der Waals surface area contributed by atoms with Gasteiger partial charge in [-0.25, -0.2) is 9.78 Å². The maximum Gasteiger partial charge on any atom is 0.326 e. The molecule has 0 bridgehead atoms. The molecule has 15 nitrogen and oxygen atoms in total. The topological polar surface area (TPSA) is 260 Å². The Morgan fingerprint density at radius 1 is 1.00 bits per heavy atom. The molecule has 10 N–H and O–H groups in total. The average Bonchev–Trinajstić information content (AvgIpc) is 3.24. The molecule has 0 saturated carbocycles. The lowest BCUT2D eigenvalue weighted by atomic mass is 10.1. The number of hydrogen-bond donors (Lipinski definition) is 8. The predicted molar refractivity (Wildman–Crippen MR) is 110 cm³/mol. The minimum Gasteiger partial charge on any atom is -0.481 e. The van der Waals surface area contributed by atoms with Crippen LogP contribution in [0.1, 0.15) is 31.4 Å². The summed E-state index contributed by atoms with van der Waals surface area (Å²) in [5.41, 5.74) is 11.3. The molecular weight excluding hydrogens is 442 g/mol. The number of amides is 4. The van der Waals surface area contributed by atoms with Gasteiger partial charge in [-0.05, 0) is 12.8 Å². The summed E-state index contributed by atoms with van der Waals surface area (Å²) in [6.45, 7) is -0.654. The summed E-state index contributed by atoms with van der Waals surface area (Å²) in [5.74, 6) is -5.81. The van der Waals surface area contributed by atoms with Crippen LogP contribution in [0.4, 0.5) is 0 Å². The third-order valence-corrected chi connectivity index (χ3v) is 4.35. The number of primary amides is 1. The molecule has 0 aliphatic carbocycles. The van der Waals surface area contributed by atoms with Gasteiger partial charge >= 0.3 is 11.9 Å². The van der Waals surface area contributed by atoms with Crippen molar-refractivity contribution in [2.75, 3.05) is 6.54 Å². The van der Waals surface area contributed by atoms with Crippen LogP contribution in [0.5, 0.6) is 0 Å². The van der Waals surface area contributed by atoms with E-state index in [2.05, 4.69) is 25.9 Å². The van der Waals surface area contributed by atoms with Gasteiger partial charge in [0.05, 0.1) is 18.9 Å². The number of nitrogens with two attached hydrogens (primary N) is 2. The smallest absolute Gasteiger partial charge is 0.326 e. The molecule has 1 aromatic heterocycles. The fraction of sp³-hybridized carbons (Fsp3) is 0.500. The van der Waals surface area contributed by atoms with Crippen LogP contribution >= 0.6 is 0 Å². The normalized spacial score (nSPS) is 13.2. The number of aromatic amines is 1. The van der Waals surface area contributed by atoms with E-state index in [1.807, 2.05) is 0 Å². The van der Waals surface area contributed by atoms with Crippen LogP contribution in [0.3, 0.4) is 0 Å². The standard InChI is InChI=1S/C18H27N7O8/c19-10(5-9-6-21-8-23-9)16(30)25-11(2-4-15(28)29)17(31)22-7-14(27)24-12(18(32)33)1-3-13(20)26/h6,8,10-12H,1-5,7,19H2,(H2,20,26)(H,21,23)(H,22,31)(H,24,27)(H,25,30)(H,28,29)(H,32,33). The molecule has 182 valence electrons. The molecule has 33 heavy (non-hydrogen) atoms. The number of hydrogen-bond acceptors (Lipinski definition) is 8. The number of imidazole rings is 1. The second-order valence-corrected chi connectivity index (χ2v) is 7.06. The van der Waals surface area contributed by atoms with Crippen molar-refractivity contribution >= 4 is 35.6 Å². The van der Waals surface area contributed by atoms with E-state index in [0.29, 0.717) is 5.69 Å². The van der Waals surface area contributed by atoms with E-state index in [0.717, 1.165) is 0 Å². The molecular formula is C18H27N7O8. The van der Waals surface area contributed by atoms with E-state index < -0.39 is 66.7 Å². The summed E-state index contributed by atoms with van der Waals surface area (Å²) < 4.78 is 0. The van der Waals surface area contributed by atoms with E-state index in [9.17, 15) is 28.8 Å². The Balaban J connectivity index is 2.66. The van der Waals surface area contributed by atoms with Crippen LogP contribution in [0.25, 0.3) is 0 Å². The Hall–Kier alpha value is -4.01. The highest BCUT2D eigenvalue weighted by atomic mass is 16.4. The van der Waals surface area contributed by atoms with Crippen LogP contribution in [-0.2, 0) is 35.2 Å². The van der Waals surface area contributed by atoms with E-state index in [1.54, 1.807) is 0 Å². The lowest BCUT2D eigenvalue weighted by molar-refractivity contribution is -0.142. The van der Waals surface area contributed by atoms with Crippen LogP contribution in [0.15, 0.2) is 12.5 Å². The number of aromatic nitrogens is 2. The molecule has 15 heteroatoms. The fourth-order valence-corrected chi connectivity index (χ4v) is 2.62. The number of nitrogens with one attached hydrogen (secondary N) is 4. The summed E-state index contributed by atoms with van der Waals surface area (Å²) in [4.78, 5) is 76.2. The molecule has 1 aromatic rings. The molecule has 0 aliphatic heterocycles. The van der Waals surface area contributed by atoms with Crippen molar-refractivity contribution in [2.45, 2.75) is 50.2 Å². The molecule has 3 atom stereocenters. The molecule has 0 aromatic carbocycles. The zero-order chi connectivity index (χ0) is 25.0. The van der Waals surface area contributed by atoms with Gasteiger partial charge in [0.1, 0.15) is 12.1 Å². The maximum absolute atomic E-state index is 12.4. The number of carboxylic acids is 2. The van der Waals surface area contributed by atoms with Gasteiger partial charge in [-0.3, -0.25) is 24.0 Å². The molecule has 0 spiro atoms. The van der Waals surface area contributed by atoms with Crippen molar-refractivity contribution in [1.29, 1.82) is 0 Å². The lowest BCUT2D eigenvalue weighted by Crippen LogP contribution is -2.54. The van der Waals surface area contributed by atoms with Crippen molar-refractivity contribution in [3.8, 4) is 0 Å². The second kappa shape index (κ2) is 13.4. The largest absolute Gasteiger partial charge is 0.481 e. The van der Waals surface area contributed by atoms with Crippen LogP contribution < -0.4 is 27.4 Å². The van der Waals surface area contributed by atoms with Crippen molar-refractivity contribution in [1.82, 2.24) is 25.9 Å². The summed E-state index contributed by atoms with van der Waals surface area (Å²) in [6.07, 6.45) is 1.71. The Morgan fingerprint density at radius 2 is 1.67 bits per heavy atom. The molecule has 1 rings (SSSR count). The van der Waals surface area contributed by atoms with Gasteiger partial charge in [-0.15, -0.1) is 0 Å². The Morgan fingerprint density at radius 3 is 2.21 bits per heavy atom. The Labute approximate surface area is 187 Å². The molecule has 3 unspecified atom stereocenters. The van der Waals surface area contributed by atoms with E-state index in [-0.39, 0.29) is 25.7 Å². The summed E-state index contributed by atoms with van der Waals surface area (Å²) in [5, 5.41) is 24.7. The average molecular weight is 469 g/mol. The highest BCUT2D eigenvalue weighted by molar-refractivity contribution is 5.93. The SMILES string of the molecule is NC(=O)CCC(NC(=O)CNC(=O)C(CCC(=O)O)NC(=O)C(N)Cc1cnc[nH]1)C(=O)O. The van der Waals surface area contributed by atoms with E-state index in [4.69, 9.17) is 21.7 Å². The van der Waals surface area contributed by atoms with E-state index >= 15 is 0 Å². The molecule has 1 heterocycles. The van der Waals surface area contributed by atoms with Gasteiger partial charge in [0.15, 0.2) is 0 Å². The minimum atomic E-state index is -1.40. The number of rotatable bonds is 15. The lowest BCUT2D eigenvalue weighted by Gasteiger charge is -2.20. The van der Waals surface area contributed by atoms with Crippen molar-refractivity contribution < 1.29 is 39.0 Å². The highest BCUT2D eigenvalue weighted by Gasteiger charge is 2.26. The number of carboxylic acid groups (broad SMARTS) is 2. The van der Waals surface area contributed by atoms with Gasteiger partial charge < -0.3 is 42.6 Å². The zero-order valence-corrected chi connectivity index (χ0v) is 17.6. The Kier molecular flexibility index (Phi) is 11.0. The highest BCUT2D eigenvalue weighted by Crippen LogP contribution is 2.02. The molecule has 0 radical (unpaired) electrons. The molecule has 4 amide bonds. The number of carbonyl (C=O) groups excluding carboxylic acids is 4. The van der Waals surface area contributed by atoms with Gasteiger partial charge in [0.25, 0.3) is 0 Å². The quantitative estimate of drug-likeness (QED) is 0.126. The molecule has 0 aliphatic rings. The molecule has 0 fully saturated rings. The van der Waals surface area contributed by atoms with Crippen LogP contribution in [0, 0.1) is 0 Å².